The van der Waals surface area contributed by atoms with Gasteiger partial charge in [0.15, 0.2) is 0 Å². The number of rotatable bonds is 2. The zero-order valence-corrected chi connectivity index (χ0v) is 15.7. The molecule has 3 heteroatoms. The number of para-hydroxylation sites is 2. The fourth-order valence-corrected chi connectivity index (χ4v) is 4.83. The van der Waals surface area contributed by atoms with Crippen LogP contribution in [0.2, 0.25) is 0 Å². The van der Waals surface area contributed by atoms with Gasteiger partial charge in [0, 0.05) is 21.3 Å². The maximum Gasteiger partial charge on any atom is 0.0705 e. The van der Waals surface area contributed by atoms with Crippen molar-refractivity contribution in [3.63, 3.8) is 0 Å². The fraction of sp³-hybridized carbons (Fsp3) is 0. The van der Waals surface area contributed by atoms with Gasteiger partial charge in [-0.2, -0.15) is 0 Å². The fourth-order valence-electron chi connectivity index (χ4n) is 3.45. The SMILES string of the molecule is Brc1ccc(-c2ccc3c(c2)c2ccccc2n3-c2ccccc2)s1. The summed E-state index contributed by atoms with van der Waals surface area (Å²) in [5, 5.41) is 2.58. The maximum absolute atomic E-state index is 3.57. The van der Waals surface area contributed by atoms with E-state index in [4.69, 9.17) is 0 Å². The largest absolute Gasteiger partial charge is 0.309 e. The lowest BCUT2D eigenvalue weighted by Gasteiger charge is -2.07. The third kappa shape index (κ3) is 2.43. The van der Waals surface area contributed by atoms with Crippen molar-refractivity contribution >= 4 is 49.1 Å². The van der Waals surface area contributed by atoms with Gasteiger partial charge in [-0.3, -0.25) is 0 Å². The van der Waals surface area contributed by atoms with E-state index < -0.39 is 0 Å². The molecule has 0 unspecified atom stereocenters. The van der Waals surface area contributed by atoms with E-state index in [0.29, 0.717) is 0 Å². The quantitative estimate of drug-likeness (QED) is 0.291. The average Bonchev–Trinajstić information content (AvgIpc) is 3.23. The van der Waals surface area contributed by atoms with Crippen LogP contribution in [-0.4, -0.2) is 4.57 Å². The number of fused-ring (bicyclic) bond motifs is 3. The number of nitrogens with zero attached hydrogens (tertiary/aromatic N) is 1. The predicted octanol–water partition coefficient (Wildman–Crippen LogP) is 7.27. The van der Waals surface area contributed by atoms with Crippen molar-refractivity contribution in [2.75, 3.05) is 0 Å². The lowest BCUT2D eigenvalue weighted by molar-refractivity contribution is 1.18. The molecule has 1 nitrogen and oxygen atoms in total. The van der Waals surface area contributed by atoms with Crippen LogP contribution in [0.3, 0.4) is 0 Å². The normalized spacial score (nSPS) is 11.4. The molecular formula is C22H14BrNS. The first-order valence-corrected chi connectivity index (χ1v) is 9.76. The first-order valence-electron chi connectivity index (χ1n) is 8.15. The Morgan fingerprint density at radius 3 is 2.24 bits per heavy atom. The molecule has 0 fully saturated rings. The van der Waals surface area contributed by atoms with Crippen LogP contribution < -0.4 is 0 Å². The van der Waals surface area contributed by atoms with Gasteiger partial charge < -0.3 is 4.57 Å². The molecule has 0 atom stereocenters. The molecule has 0 N–H and O–H groups in total. The topological polar surface area (TPSA) is 4.93 Å². The van der Waals surface area contributed by atoms with Crippen molar-refractivity contribution in [1.29, 1.82) is 0 Å². The summed E-state index contributed by atoms with van der Waals surface area (Å²) in [4.78, 5) is 1.28. The molecule has 3 aromatic carbocycles. The van der Waals surface area contributed by atoms with E-state index in [0.717, 1.165) is 3.79 Å². The third-order valence-electron chi connectivity index (χ3n) is 4.54. The highest BCUT2D eigenvalue weighted by molar-refractivity contribution is 9.11. The van der Waals surface area contributed by atoms with Gasteiger partial charge in [0.05, 0.1) is 14.8 Å². The minimum Gasteiger partial charge on any atom is -0.309 e. The molecule has 2 aromatic heterocycles. The Morgan fingerprint density at radius 1 is 0.680 bits per heavy atom. The summed E-state index contributed by atoms with van der Waals surface area (Å²) < 4.78 is 3.51. The number of thiophene rings is 1. The van der Waals surface area contributed by atoms with E-state index in [-0.39, 0.29) is 0 Å². The van der Waals surface area contributed by atoms with Gasteiger partial charge in [-0.05, 0) is 64.0 Å². The zero-order valence-electron chi connectivity index (χ0n) is 13.3. The second-order valence-electron chi connectivity index (χ2n) is 6.02. The third-order valence-corrected chi connectivity index (χ3v) is 6.22. The molecule has 0 aliphatic heterocycles. The van der Waals surface area contributed by atoms with E-state index in [1.807, 2.05) is 0 Å². The minimum atomic E-state index is 1.16. The van der Waals surface area contributed by atoms with Crippen molar-refractivity contribution in [2.45, 2.75) is 0 Å². The number of aromatic nitrogens is 1. The molecule has 0 spiro atoms. The van der Waals surface area contributed by atoms with Crippen LogP contribution in [0, 0.1) is 0 Å². The van der Waals surface area contributed by atoms with Gasteiger partial charge in [-0.25, -0.2) is 0 Å². The molecule has 25 heavy (non-hydrogen) atoms. The standard InChI is InChI=1S/C22H14BrNS/c23-22-13-12-21(25-22)15-10-11-20-18(14-15)17-8-4-5-9-19(17)24(20)16-6-2-1-3-7-16/h1-14H. The molecule has 0 aliphatic rings. The van der Waals surface area contributed by atoms with Crippen LogP contribution in [0.4, 0.5) is 0 Å². The van der Waals surface area contributed by atoms with Gasteiger partial charge in [0.1, 0.15) is 0 Å². The van der Waals surface area contributed by atoms with Gasteiger partial charge in [0.25, 0.3) is 0 Å². The highest BCUT2D eigenvalue weighted by Crippen LogP contribution is 2.37. The lowest BCUT2D eigenvalue weighted by Crippen LogP contribution is -1.92. The number of benzene rings is 3. The smallest absolute Gasteiger partial charge is 0.0705 e. The Labute approximate surface area is 158 Å². The zero-order chi connectivity index (χ0) is 16.8. The van der Waals surface area contributed by atoms with Crippen molar-refractivity contribution < 1.29 is 0 Å². The van der Waals surface area contributed by atoms with Crippen molar-refractivity contribution in [3.05, 3.63) is 88.7 Å². The second-order valence-corrected chi connectivity index (χ2v) is 8.49. The van der Waals surface area contributed by atoms with Crippen molar-refractivity contribution in [3.8, 4) is 16.1 Å². The van der Waals surface area contributed by atoms with E-state index in [2.05, 4.69) is 105 Å². The molecule has 5 rings (SSSR count). The molecule has 0 saturated carbocycles. The summed E-state index contributed by atoms with van der Waals surface area (Å²) in [6, 6.07) is 30.3. The highest BCUT2D eigenvalue weighted by Gasteiger charge is 2.13. The summed E-state index contributed by atoms with van der Waals surface area (Å²) in [5.41, 5.74) is 4.94. The Balaban J connectivity index is 1.85. The molecule has 0 saturated heterocycles. The van der Waals surface area contributed by atoms with Gasteiger partial charge in [-0.1, -0.05) is 42.5 Å². The molecule has 0 bridgehead atoms. The van der Waals surface area contributed by atoms with E-state index in [9.17, 15) is 0 Å². The number of hydrogen-bond acceptors (Lipinski definition) is 1. The van der Waals surface area contributed by atoms with Crippen LogP contribution in [0.25, 0.3) is 37.9 Å². The van der Waals surface area contributed by atoms with E-state index in [1.54, 1.807) is 11.3 Å². The summed E-state index contributed by atoms with van der Waals surface area (Å²) in [5.74, 6) is 0. The highest BCUT2D eigenvalue weighted by atomic mass is 79.9. The molecule has 5 aromatic rings. The maximum atomic E-state index is 3.57. The van der Waals surface area contributed by atoms with E-state index in [1.165, 1.54) is 37.9 Å². The molecule has 120 valence electrons. The molecule has 0 aliphatic carbocycles. The second kappa shape index (κ2) is 5.87. The van der Waals surface area contributed by atoms with Gasteiger partial charge in [0.2, 0.25) is 0 Å². The average molecular weight is 404 g/mol. The van der Waals surface area contributed by atoms with Gasteiger partial charge >= 0.3 is 0 Å². The Kier molecular flexibility index (Phi) is 3.51. The molecule has 0 radical (unpaired) electrons. The number of halogens is 1. The Bertz CT molecular complexity index is 1200. The summed E-state index contributed by atoms with van der Waals surface area (Å²) >= 11 is 5.34. The van der Waals surface area contributed by atoms with Crippen LogP contribution in [0.5, 0.6) is 0 Å². The van der Waals surface area contributed by atoms with Crippen LogP contribution in [-0.2, 0) is 0 Å². The summed E-state index contributed by atoms with van der Waals surface area (Å²) in [6.45, 7) is 0. The first kappa shape index (κ1) is 14.9. The van der Waals surface area contributed by atoms with Crippen LogP contribution in [0.15, 0.2) is 88.7 Å². The predicted molar refractivity (Wildman–Crippen MR) is 112 cm³/mol. The Morgan fingerprint density at radius 2 is 1.44 bits per heavy atom. The number of hydrogen-bond donors (Lipinski definition) is 0. The molecule has 2 heterocycles. The van der Waals surface area contributed by atoms with Crippen molar-refractivity contribution in [2.24, 2.45) is 0 Å². The van der Waals surface area contributed by atoms with E-state index >= 15 is 0 Å². The first-order chi connectivity index (χ1) is 12.3. The van der Waals surface area contributed by atoms with Gasteiger partial charge in [-0.15, -0.1) is 11.3 Å². The van der Waals surface area contributed by atoms with Crippen LogP contribution >= 0.6 is 27.3 Å². The summed E-state index contributed by atoms with van der Waals surface area (Å²) in [7, 11) is 0. The monoisotopic (exact) mass is 403 g/mol. The minimum absolute atomic E-state index is 1.16. The summed E-state index contributed by atoms with van der Waals surface area (Å²) in [6.07, 6.45) is 0. The van der Waals surface area contributed by atoms with Crippen molar-refractivity contribution in [1.82, 2.24) is 4.57 Å². The molecular weight excluding hydrogens is 390 g/mol. The Hall–Kier alpha value is -2.36. The lowest BCUT2D eigenvalue weighted by atomic mass is 10.1. The van der Waals surface area contributed by atoms with Crippen LogP contribution in [0.1, 0.15) is 0 Å². The molecule has 0 amide bonds.